The molecule has 2 aromatic heterocycles. The molecule has 2 aliphatic rings. The summed E-state index contributed by atoms with van der Waals surface area (Å²) < 4.78 is 11.6. The number of nitrogens with zero attached hydrogens (tertiary/aromatic N) is 4. The summed E-state index contributed by atoms with van der Waals surface area (Å²) in [4.78, 5) is 24.2. The maximum absolute atomic E-state index is 12.0. The second kappa shape index (κ2) is 10.8. The number of pyridine rings is 1. The number of ether oxygens (including phenoxy) is 2. The third-order valence-electron chi connectivity index (χ3n) is 7.59. The number of benzene rings is 2. The highest BCUT2D eigenvalue weighted by Gasteiger charge is 2.27. The Bertz CT molecular complexity index is 1530. The number of carbonyl (C=O) groups excluding carboxylic acids is 1. The quantitative estimate of drug-likeness (QED) is 0.384. The number of amides is 1. The van der Waals surface area contributed by atoms with Crippen LogP contribution in [0.25, 0.3) is 33.4 Å². The number of fused-ring (bicyclic) bond motifs is 1. The van der Waals surface area contributed by atoms with E-state index in [0.29, 0.717) is 30.8 Å². The van der Waals surface area contributed by atoms with E-state index < -0.39 is 0 Å². The van der Waals surface area contributed by atoms with Gasteiger partial charge in [0, 0.05) is 55.4 Å². The van der Waals surface area contributed by atoms with Gasteiger partial charge in [-0.15, -0.1) is 0 Å². The first kappa shape index (κ1) is 25.0. The van der Waals surface area contributed by atoms with Crippen molar-refractivity contribution in [1.29, 1.82) is 5.26 Å². The molecule has 2 fully saturated rings. The minimum atomic E-state index is -0.104. The number of likely N-dealkylation sites (tertiary alicyclic amines) is 1. The van der Waals surface area contributed by atoms with Crippen molar-refractivity contribution >= 4 is 22.6 Å². The number of morpholine rings is 1. The van der Waals surface area contributed by atoms with Gasteiger partial charge in [0.2, 0.25) is 5.91 Å². The lowest BCUT2D eigenvalue weighted by Crippen LogP contribution is -2.36. The molecule has 0 aliphatic carbocycles. The van der Waals surface area contributed by atoms with Crippen molar-refractivity contribution in [3.63, 3.8) is 0 Å². The molecule has 198 valence electrons. The third-order valence-corrected chi connectivity index (χ3v) is 7.59. The number of hydrogen-bond acceptors (Lipinski definition) is 6. The highest BCUT2D eigenvalue weighted by Crippen LogP contribution is 2.34. The lowest BCUT2D eigenvalue weighted by Gasteiger charge is -2.28. The van der Waals surface area contributed by atoms with Crippen LogP contribution in [0.3, 0.4) is 0 Å². The SMILES string of the molecule is CCC(=O)N1CCC(Oc2ccc(-c3ccnc4[nH]c(-c5ccc(N6CCOCC6)cc5)cc34)cc2C#N)C1. The lowest BCUT2D eigenvalue weighted by atomic mass is 10.0. The zero-order chi connectivity index (χ0) is 26.8. The molecule has 39 heavy (non-hydrogen) atoms. The summed E-state index contributed by atoms with van der Waals surface area (Å²) in [6, 6.07) is 20.7. The van der Waals surface area contributed by atoms with Gasteiger partial charge < -0.3 is 24.3 Å². The predicted octanol–water partition coefficient (Wildman–Crippen LogP) is 4.99. The predicted molar refractivity (Wildman–Crippen MR) is 151 cm³/mol. The highest BCUT2D eigenvalue weighted by molar-refractivity contribution is 5.96. The van der Waals surface area contributed by atoms with Crippen LogP contribution >= 0.6 is 0 Å². The molecule has 4 heterocycles. The molecule has 1 N–H and O–H groups in total. The summed E-state index contributed by atoms with van der Waals surface area (Å²) in [6.07, 6.45) is 2.94. The molecule has 1 unspecified atom stereocenters. The van der Waals surface area contributed by atoms with Crippen LogP contribution < -0.4 is 9.64 Å². The lowest BCUT2D eigenvalue weighted by molar-refractivity contribution is -0.130. The Morgan fingerprint density at radius 2 is 1.90 bits per heavy atom. The summed E-state index contributed by atoms with van der Waals surface area (Å²) >= 11 is 0. The fourth-order valence-corrected chi connectivity index (χ4v) is 5.45. The Kier molecular flexibility index (Phi) is 6.91. The van der Waals surface area contributed by atoms with E-state index in [0.717, 1.165) is 66.1 Å². The molecule has 0 spiro atoms. The van der Waals surface area contributed by atoms with Gasteiger partial charge in [0.25, 0.3) is 0 Å². The smallest absolute Gasteiger partial charge is 0.222 e. The number of H-pyrrole nitrogens is 1. The number of nitriles is 1. The normalized spacial score (nSPS) is 17.4. The number of rotatable bonds is 6. The number of aromatic amines is 1. The minimum Gasteiger partial charge on any atom is -0.487 e. The molecule has 6 rings (SSSR count). The first-order valence-electron chi connectivity index (χ1n) is 13.5. The zero-order valence-electron chi connectivity index (χ0n) is 22.0. The average Bonchev–Trinajstić information content (AvgIpc) is 3.65. The van der Waals surface area contributed by atoms with Crippen LogP contribution in [0.1, 0.15) is 25.3 Å². The highest BCUT2D eigenvalue weighted by atomic mass is 16.5. The number of nitrogens with one attached hydrogen (secondary N) is 1. The van der Waals surface area contributed by atoms with E-state index in [4.69, 9.17) is 9.47 Å². The van der Waals surface area contributed by atoms with Gasteiger partial charge in [-0.3, -0.25) is 4.79 Å². The summed E-state index contributed by atoms with van der Waals surface area (Å²) in [6.45, 7) is 6.46. The van der Waals surface area contributed by atoms with Crippen LogP contribution in [0.5, 0.6) is 5.75 Å². The molecule has 1 atom stereocenters. The van der Waals surface area contributed by atoms with Crippen LogP contribution in [0.2, 0.25) is 0 Å². The zero-order valence-corrected chi connectivity index (χ0v) is 22.0. The molecule has 2 aromatic carbocycles. The van der Waals surface area contributed by atoms with Crippen molar-refractivity contribution in [2.24, 2.45) is 0 Å². The Morgan fingerprint density at radius 1 is 1.10 bits per heavy atom. The van der Waals surface area contributed by atoms with Crippen LogP contribution in [-0.2, 0) is 9.53 Å². The van der Waals surface area contributed by atoms with E-state index in [1.807, 2.05) is 36.1 Å². The largest absolute Gasteiger partial charge is 0.487 e. The fourth-order valence-electron chi connectivity index (χ4n) is 5.45. The maximum atomic E-state index is 12.0. The second-order valence-electron chi connectivity index (χ2n) is 9.99. The number of hydrogen-bond donors (Lipinski definition) is 1. The van der Waals surface area contributed by atoms with Crippen LogP contribution in [0.4, 0.5) is 5.69 Å². The van der Waals surface area contributed by atoms with Crippen LogP contribution in [-0.4, -0.2) is 66.3 Å². The van der Waals surface area contributed by atoms with Crippen molar-refractivity contribution in [2.75, 3.05) is 44.3 Å². The van der Waals surface area contributed by atoms with Crippen molar-refractivity contribution in [3.05, 3.63) is 66.4 Å². The topological polar surface area (TPSA) is 94.5 Å². The van der Waals surface area contributed by atoms with E-state index >= 15 is 0 Å². The first-order chi connectivity index (χ1) is 19.1. The van der Waals surface area contributed by atoms with E-state index in [9.17, 15) is 10.1 Å². The average molecular weight is 522 g/mol. The third kappa shape index (κ3) is 5.06. The molecule has 2 saturated heterocycles. The van der Waals surface area contributed by atoms with E-state index in [1.165, 1.54) is 5.69 Å². The van der Waals surface area contributed by atoms with E-state index in [1.54, 1.807) is 6.20 Å². The summed E-state index contributed by atoms with van der Waals surface area (Å²) in [5, 5.41) is 10.9. The molecule has 8 heteroatoms. The van der Waals surface area contributed by atoms with Crippen molar-refractivity contribution in [1.82, 2.24) is 14.9 Å². The van der Waals surface area contributed by atoms with E-state index in [-0.39, 0.29) is 12.0 Å². The Hall–Kier alpha value is -4.35. The summed E-state index contributed by atoms with van der Waals surface area (Å²) in [5.74, 6) is 0.690. The molecule has 0 bridgehead atoms. The van der Waals surface area contributed by atoms with Crippen molar-refractivity contribution in [3.8, 4) is 34.2 Å². The van der Waals surface area contributed by atoms with Gasteiger partial charge in [-0.2, -0.15) is 5.26 Å². The molecule has 0 radical (unpaired) electrons. The number of anilines is 1. The van der Waals surface area contributed by atoms with Crippen molar-refractivity contribution in [2.45, 2.75) is 25.9 Å². The Morgan fingerprint density at radius 3 is 2.67 bits per heavy atom. The molecule has 0 saturated carbocycles. The van der Waals surface area contributed by atoms with Gasteiger partial charge in [0.15, 0.2) is 0 Å². The monoisotopic (exact) mass is 521 g/mol. The van der Waals surface area contributed by atoms with Gasteiger partial charge in [-0.05, 0) is 53.1 Å². The molecular formula is C31H31N5O3. The number of carbonyl (C=O) groups is 1. The molecule has 8 nitrogen and oxygen atoms in total. The summed E-state index contributed by atoms with van der Waals surface area (Å²) in [5.41, 5.74) is 6.48. The van der Waals surface area contributed by atoms with Gasteiger partial charge in [-0.25, -0.2) is 4.98 Å². The summed E-state index contributed by atoms with van der Waals surface area (Å²) in [7, 11) is 0. The second-order valence-corrected chi connectivity index (χ2v) is 9.99. The fraction of sp³-hybridized carbons (Fsp3) is 0.323. The van der Waals surface area contributed by atoms with Gasteiger partial charge in [0.1, 0.15) is 23.6 Å². The van der Waals surface area contributed by atoms with Crippen LogP contribution in [0.15, 0.2) is 60.8 Å². The standard InChI is InChI=1S/C31H31N5O3/c1-2-30(37)36-12-10-25(20-36)39-29-8-5-22(17-23(29)19-32)26-9-11-33-31-27(26)18-28(34-31)21-3-6-24(7-4-21)35-13-15-38-16-14-35/h3-9,11,17-18,25H,2,10,12-16,20H2,1H3,(H,33,34). The van der Waals surface area contributed by atoms with Gasteiger partial charge >= 0.3 is 0 Å². The molecule has 4 aromatic rings. The van der Waals surface area contributed by atoms with E-state index in [2.05, 4.69) is 51.3 Å². The first-order valence-corrected chi connectivity index (χ1v) is 13.5. The molecule has 1 amide bonds. The van der Waals surface area contributed by atoms with Crippen LogP contribution in [0, 0.1) is 11.3 Å². The van der Waals surface area contributed by atoms with Gasteiger partial charge in [0.05, 0.1) is 25.3 Å². The Balaban J connectivity index is 1.24. The minimum absolute atomic E-state index is 0.104. The van der Waals surface area contributed by atoms with Crippen molar-refractivity contribution < 1.29 is 14.3 Å². The molecular weight excluding hydrogens is 490 g/mol. The maximum Gasteiger partial charge on any atom is 0.222 e. The number of aromatic nitrogens is 2. The molecule has 2 aliphatic heterocycles. The van der Waals surface area contributed by atoms with Gasteiger partial charge in [-0.1, -0.05) is 25.1 Å². The Labute approximate surface area is 227 Å².